The van der Waals surface area contributed by atoms with Crippen molar-refractivity contribution in [3.05, 3.63) is 29.8 Å². The Morgan fingerprint density at radius 1 is 1.18 bits per heavy atom. The van der Waals surface area contributed by atoms with Crippen LogP contribution in [0.15, 0.2) is 24.3 Å². The minimum atomic E-state index is -0.222. The maximum Gasteiger partial charge on any atom is 0.118 e. The van der Waals surface area contributed by atoms with Crippen LogP contribution < -0.4 is 4.74 Å². The summed E-state index contributed by atoms with van der Waals surface area (Å²) in [5.41, 5.74) is 1.28. The molecule has 1 unspecified atom stereocenters. The second kappa shape index (κ2) is 6.06. The van der Waals surface area contributed by atoms with E-state index in [-0.39, 0.29) is 11.5 Å². The second-order valence-electron chi connectivity index (χ2n) is 5.62. The number of aryl methyl sites for hydroxylation is 1. The third-order valence-electron chi connectivity index (χ3n) is 3.10. The number of aliphatic hydroxyl groups is 1. The van der Waals surface area contributed by atoms with E-state index in [1.54, 1.807) is 7.11 Å². The Morgan fingerprint density at radius 3 is 2.24 bits per heavy atom. The zero-order valence-electron chi connectivity index (χ0n) is 11.4. The highest BCUT2D eigenvalue weighted by molar-refractivity contribution is 5.27. The van der Waals surface area contributed by atoms with Crippen LogP contribution in [-0.2, 0) is 6.42 Å². The van der Waals surface area contributed by atoms with Gasteiger partial charge in [-0.25, -0.2) is 0 Å². The first-order chi connectivity index (χ1) is 7.93. The number of benzene rings is 1. The van der Waals surface area contributed by atoms with Gasteiger partial charge in [-0.2, -0.15) is 0 Å². The van der Waals surface area contributed by atoms with Gasteiger partial charge in [-0.3, -0.25) is 0 Å². The first-order valence-corrected chi connectivity index (χ1v) is 6.24. The Labute approximate surface area is 105 Å². The summed E-state index contributed by atoms with van der Waals surface area (Å²) in [6, 6.07) is 8.13. The van der Waals surface area contributed by atoms with Crippen LogP contribution in [0.4, 0.5) is 0 Å². The van der Waals surface area contributed by atoms with E-state index in [1.165, 1.54) is 5.56 Å². The maximum atomic E-state index is 9.93. The monoisotopic (exact) mass is 236 g/mol. The maximum absolute atomic E-state index is 9.93. The van der Waals surface area contributed by atoms with Gasteiger partial charge in [-0.1, -0.05) is 32.9 Å². The van der Waals surface area contributed by atoms with E-state index in [0.29, 0.717) is 0 Å². The Hall–Kier alpha value is -1.02. The molecule has 1 N–H and O–H groups in total. The van der Waals surface area contributed by atoms with E-state index in [9.17, 15) is 5.11 Å². The van der Waals surface area contributed by atoms with E-state index >= 15 is 0 Å². The van der Waals surface area contributed by atoms with Gasteiger partial charge < -0.3 is 9.84 Å². The predicted octanol–water partition coefficient (Wildman–Crippen LogP) is 3.42. The molecule has 0 amide bonds. The summed E-state index contributed by atoms with van der Waals surface area (Å²) in [6.45, 7) is 6.22. The van der Waals surface area contributed by atoms with Gasteiger partial charge >= 0.3 is 0 Å². The lowest BCUT2D eigenvalue weighted by Gasteiger charge is -2.25. The molecule has 0 aliphatic heterocycles. The third kappa shape index (κ3) is 4.78. The first-order valence-electron chi connectivity index (χ1n) is 6.24. The molecule has 0 fully saturated rings. The highest BCUT2D eigenvalue weighted by Crippen LogP contribution is 2.23. The molecular weight excluding hydrogens is 212 g/mol. The largest absolute Gasteiger partial charge is 0.497 e. The van der Waals surface area contributed by atoms with Crippen LogP contribution in [0.1, 0.15) is 39.2 Å². The molecule has 0 saturated heterocycles. The SMILES string of the molecule is COc1ccc(CCCC(O)C(C)(C)C)cc1. The highest BCUT2D eigenvalue weighted by Gasteiger charge is 2.21. The quantitative estimate of drug-likeness (QED) is 0.848. The molecule has 0 saturated carbocycles. The van der Waals surface area contributed by atoms with Crippen LogP contribution in [-0.4, -0.2) is 18.3 Å². The fourth-order valence-electron chi connectivity index (χ4n) is 1.72. The molecule has 1 aromatic rings. The smallest absolute Gasteiger partial charge is 0.118 e. The van der Waals surface area contributed by atoms with E-state index in [0.717, 1.165) is 25.0 Å². The number of rotatable bonds is 5. The van der Waals surface area contributed by atoms with E-state index in [1.807, 2.05) is 12.1 Å². The summed E-state index contributed by atoms with van der Waals surface area (Å²) in [7, 11) is 1.68. The van der Waals surface area contributed by atoms with Crippen LogP contribution >= 0.6 is 0 Å². The molecule has 0 aliphatic rings. The van der Waals surface area contributed by atoms with Gasteiger partial charge in [0, 0.05) is 0 Å². The molecule has 0 bridgehead atoms. The average molecular weight is 236 g/mol. The summed E-state index contributed by atoms with van der Waals surface area (Å²) in [5.74, 6) is 0.892. The van der Waals surface area contributed by atoms with Crippen LogP contribution in [0.2, 0.25) is 0 Å². The molecule has 2 nitrogen and oxygen atoms in total. The van der Waals surface area contributed by atoms with E-state index in [2.05, 4.69) is 32.9 Å². The fraction of sp³-hybridized carbons (Fsp3) is 0.600. The summed E-state index contributed by atoms with van der Waals surface area (Å²) in [5, 5.41) is 9.93. The van der Waals surface area contributed by atoms with Gasteiger partial charge in [0.05, 0.1) is 13.2 Å². The van der Waals surface area contributed by atoms with Gasteiger partial charge in [0.1, 0.15) is 5.75 Å². The second-order valence-corrected chi connectivity index (χ2v) is 5.62. The Morgan fingerprint density at radius 2 is 1.76 bits per heavy atom. The molecule has 17 heavy (non-hydrogen) atoms. The molecule has 0 heterocycles. The number of ether oxygens (including phenoxy) is 1. The predicted molar refractivity (Wildman–Crippen MR) is 71.4 cm³/mol. The highest BCUT2D eigenvalue weighted by atomic mass is 16.5. The van der Waals surface area contributed by atoms with E-state index < -0.39 is 0 Å². The van der Waals surface area contributed by atoms with Crippen molar-refractivity contribution in [1.29, 1.82) is 0 Å². The van der Waals surface area contributed by atoms with Crippen molar-refractivity contribution in [3.63, 3.8) is 0 Å². The molecular formula is C15H24O2. The molecule has 1 atom stereocenters. The fourth-order valence-corrected chi connectivity index (χ4v) is 1.72. The van der Waals surface area contributed by atoms with Crippen molar-refractivity contribution in [2.45, 2.75) is 46.1 Å². The van der Waals surface area contributed by atoms with Crippen molar-refractivity contribution < 1.29 is 9.84 Å². The molecule has 0 spiro atoms. The number of methoxy groups -OCH3 is 1. The standard InChI is InChI=1S/C15H24O2/c1-15(2,3)14(16)7-5-6-12-8-10-13(17-4)11-9-12/h8-11,14,16H,5-7H2,1-4H3. The molecule has 2 heteroatoms. The van der Waals surface area contributed by atoms with Crippen LogP contribution in [0.5, 0.6) is 5.75 Å². The molecule has 96 valence electrons. The lowest BCUT2D eigenvalue weighted by Crippen LogP contribution is -2.25. The summed E-state index contributed by atoms with van der Waals surface area (Å²) >= 11 is 0. The van der Waals surface area contributed by atoms with Crippen LogP contribution in [0, 0.1) is 5.41 Å². The third-order valence-corrected chi connectivity index (χ3v) is 3.10. The van der Waals surface area contributed by atoms with Gasteiger partial charge in [0.25, 0.3) is 0 Å². The van der Waals surface area contributed by atoms with Crippen molar-refractivity contribution in [2.24, 2.45) is 5.41 Å². The molecule has 0 radical (unpaired) electrons. The van der Waals surface area contributed by atoms with Gasteiger partial charge in [-0.15, -0.1) is 0 Å². The summed E-state index contributed by atoms with van der Waals surface area (Å²) < 4.78 is 5.12. The Bertz CT molecular complexity index is 322. The van der Waals surface area contributed by atoms with Crippen molar-refractivity contribution in [2.75, 3.05) is 7.11 Å². The van der Waals surface area contributed by atoms with Gasteiger partial charge in [0.15, 0.2) is 0 Å². The topological polar surface area (TPSA) is 29.5 Å². The zero-order valence-corrected chi connectivity index (χ0v) is 11.4. The molecule has 0 aromatic heterocycles. The Kier molecular flexibility index (Phi) is 5.01. The van der Waals surface area contributed by atoms with E-state index in [4.69, 9.17) is 4.74 Å². The molecule has 1 rings (SSSR count). The first kappa shape index (κ1) is 14.0. The minimum absolute atomic E-state index is 0.0140. The number of aliphatic hydroxyl groups excluding tert-OH is 1. The lowest BCUT2D eigenvalue weighted by atomic mass is 9.86. The number of hydrogen-bond donors (Lipinski definition) is 1. The van der Waals surface area contributed by atoms with Crippen molar-refractivity contribution in [1.82, 2.24) is 0 Å². The van der Waals surface area contributed by atoms with Crippen LogP contribution in [0.3, 0.4) is 0 Å². The van der Waals surface area contributed by atoms with Crippen LogP contribution in [0.25, 0.3) is 0 Å². The van der Waals surface area contributed by atoms with Gasteiger partial charge in [-0.05, 0) is 42.4 Å². The zero-order chi connectivity index (χ0) is 12.9. The molecule has 1 aromatic carbocycles. The average Bonchev–Trinajstić information content (AvgIpc) is 2.28. The summed E-state index contributed by atoms with van der Waals surface area (Å²) in [4.78, 5) is 0. The molecule has 0 aliphatic carbocycles. The minimum Gasteiger partial charge on any atom is -0.497 e. The number of hydrogen-bond acceptors (Lipinski definition) is 2. The normalized spacial score (nSPS) is 13.5. The lowest BCUT2D eigenvalue weighted by molar-refractivity contribution is 0.0540. The summed E-state index contributed by atoms with van der Waals surface area (Å²) in [6.07, 6.45) is 2.66. The Balaban J connectivity index is 2.35. The van der Waals surface area contributed by atoms with Crippen molar-refractivity contribution >= 4 is 0 Å². The van der Waals surface area contributed by atoms with Crippen molar-refractivity contribution in [3.8, 4) is 5.75 Å². The van der Waals surface area contributed by atoms with Gasteiger partial charge in [0.2, 0.25) is 0 Å².